The van der Waals surface area contributed by atoms with Gasteiger partial charge in [0.1, 0.15) is 5.70 Å². The third kappa shape index (κ3) is 3.51. The number of benzene rings is 2. The zero-order valence-electron chi connectivity index (χ0n) is 14.8. The summed E-state index contributed by atoms with van der Waals surface area (Å²) in [4.78, 5) is 29.2. The Bertz CT molecular complexity index is 938. The van der Waals surface area contributed by atoms with E-state index in [4.69, 9.17) is 23.2 Å². The minimum absolute atomic E-state index is 0.127. The van der Waals surface area contributed by atoms with Crippen LogP contribution >= 0.6 is 23.2 Å². The summed E-state index contributed by atoms with van der Waals surface area (Å²) in [6, 6.07) is 14.3. The number of likely N-dealkylation sites (N-methyl/N-ethyl adjacent to an activating group) is 1. The zero-order valence-corrected chi connectivity index (χ0v) is 16.3. The van der Waals surface area contributed by atoms with Gasteiger partial charge in [0.2, 0.25) is 0 Å². The molecule has 2 aromatic rings. The van der Waals surface area contributed by atoms with Gasteiger partial charge in [0.25, 0.3) is 11.8 Å². The van der Waals surface area contributed by atoms with Crippen molar-refractivity contribution in [3.05, 3.63) is 82.5 Å². The average Bonchev–Trinajstić information content (AvgIpc) is 2.89. The summed E-state index contributed by atoms with van der Waals surface area (Å²) in [6.07, 6.45) is 1.53. The molecule has 1 aliphatic heterocycles. The standard InChI is InChI=1S/C21H18Cl2N2O2/c1-3-12-25-20(26)18(16-11-10-14(22)13-17(16)23)19(21(25)27)24(4-2)15-8-6-5-7-9-15/h3,5-11,13H,1,4,12H2,2H3. The molecule has 6 heteroatoms. The highest BCUT2D eigenvalue weighted by Crippen LogP contribution is 2.37. The van der Waals surface area contributed by atoms with Crippen molar-refractivity contribution >= 4 is 46.3 Å². The second-order valence-electron chi connectivity index (χ2n) is 5.94. The summed E-state index contributed by atoms with van der Waals surface area (Å²) >= 11 is 12.4. The van der Waals surface area contributed by atoms with Gasteiger partial charge in [-0.05, 0) is 31.2 Å². The fraction of sp³-hybridized carbons (Fsp3) is 0.143. The normalized spacial score (nSPS) is 14.1. The second kappa shape index (κ2) is 7.99. The highest BCUT2D eigenvalue weighted by atomic mass is 35.5. The fourth-order valence-electron chi connectivity index (χ4n) is 3.12. The van der Waals surface area contributed by atoms with Crippen molar-refractivity contribution in [1.82, 2.24) is 4.90 Å². The number of nitrogens with zero attached hydrogens (tertiary/aromatic N) is 2. The molecule has 0 saturated heterocycles. The third-order valence-electron chi connectivity index (χ3n) is 4.31. The molecule has 4 nitrogen and oxygen atoms in total. The molecule has 2 aromatic carbocycles. The Morgan fingerprint density at radius 1 is 1.07 bits per heavy atom. The van der Waals surface area contributed by atoms with Crippen LogP contribution in [0.25, 0.3) is 5.57 Å². The minimum Gasteiger partial charge on any atom is -0.337 e. The summed E-state index contributed by atoms with van der Waals surface area (Å²) in [7, 11) is 0. The molecule has 2 amide bonds. The summed E-state index contributed by atoms with van der Waals surface area (Å²) in [5, 5.41) is 0.779. The van der Waals surface area contributed by atoms with Gasteiger partial charge in [-0.15, -0.1) is 6.58 Å². The van der Waals surface area contributed by atoms with Crippen LogP contribution in [0.5, 0.6) is 0 Å². The molecule has 0 atom stereocenters. The first-order valence-electron chi connectivity index (χ1n) is 8.49. The van der Waals surface area contributed by atoms with E-state index >= 15 is 0 Å². The van der Waals surface area contributed by atoms with Gasteiger partial charge in [-0.3, -0.25) is 14.5 Å². The quantitative estimate of drug-likeness (QED) is 0.517. The van der Waals surface area contributed by atoms with Crippen LogP contribution in [0.4, 0.5) is 5.69 Å². The molecule has 0 aliphatic carbocycles. The molecule has 138 valence electrons. The summed E-state index contributed by atoms with van der Waals surface area (Å²) in [5.74, 6) is -0.764. The van der Waals surface area contributed by atoms with E-state index in [1.165, 1.54) is 11.0 Å². The lowest BCUT2D eigenvalue weighted by Crippen LogP contribution is -2.35. The number of halogens is 2. The van der Waals surface area contributed by atoms with E-state index in [2.05, 4.69) is 6.58 Å². The van der Waals surface area contributed by atoms with E-state index in [9.17, 15) is 9.59 Å². The third-order valence-corrected chi connectivity index (χ3v) is 4.86. The lowest BCUT2D eigenvalue weighted by atomic mass is 10.0. The first-order chi connectivity index (χ1) is 13.0. The number of hydrogen-bond donors (Lipinski definition) is 0. The smallest absolute Gasteiger partial charge is 0.278 e. The molecule has 1 aliphatic rings. The van der Waals surface area contributed by atoms with Crippen LogP contribution in [0.1, 0.15) is 12.5 Å². The topological polar surface area (TPSA) is 40.6 Å². The summed E-state index contributed by atoms with van der Waals surface area (Å²) in [5.41, 5.74) is 1.88. The molecule has 0 unspecified atom stereocenters. The monoisotopic (exact) mass is 400 g/mol. The number of imide groups is 1. The molecule has 0 saturated carbocycles. The van der Waals surface area contributed by atoms with Crippen molar-refractivity contribution in [1.29, 1.82) is 0 Å². The maximum atomic E-state index is 13.1. The van der Waals surface area contributed by atoms with Crippen molar-refractivity contribution in [3.8, 4) is 0 Å². The lowest BCUT2D eigenvalue weighted by molar-refractivity contribution is -0.136. The molecule has 0 N–H and O–H groups in total. The van der Waals surface area contributed by atoms with E-state index in [0.717, 1.165) is 5.69 Å². The van der Waals surface area contributed by atoms with E-state index in [-0.39, 0.29) is 18.0 Å². The molecule has 0 fully saturated rings. The van der Waals surface area contributed by atoms with Crippen molar-refractivity contribution in [2.75, 3.05) is 18.0 Å². The zero-order chi connectivity index (χ0) is 19.6. The number of anilines is 1. The Morgan fingerprint density at radius 2 is 1.78 bits per heavy atom. The highest BCUT2D eigenvalue weighted by molar-refractivity contribution is 6.41. The number of amides is 2. The van der Waals surface area contributed by atoms with Crippen LogP contribution in [0.3, 0.4) is 0 Å². The van der Waals surface area contributed by atoms with Crippen LogP contribution in [-0.2, 0) is 9.59 Å². The maximum absolute atomic E-state index is 13.1. The SMILES string of the molecule is C=CCN1C(=O)C(c2ccc(Cl)cc2Cl)=C(N(CC)c2ccccc2)C1=O. The molecular formula is C21H18Cl2N2O2. The first kappa shape index (κ1) is 19.2. The maximum Gasteiger partial charge on any atom is 0.278 e. The first-order valence-corrected chi connectivity index (χ1v) is 9.24. The van der Waals surface area contributed by atoms with Crippen LogP contribution in [0.2, 0.25) is 10.0 Å². The molecule has 27 heavy (non-hydrogen) atoms. The van der Waals surface area contributed by atoms with Crippen molar-refractivity contribution in [3.63, 3.8) is 0 Å². The molecule has 0 radical (unpaired) electrons. The van der Waals surface area contributed by atoms with E-state index in [1.54, 1.807) is 18.2 Å². The molecular weight excluding hydrogens is 383 g/mol. The number of para-hydroxylation sites is 1. The average molecular weight is 401 g/mol. The predicted molar refractivity (Wildman–Crippen MR) is 110 cm³/mol. The van der Waals surface area contributed by atoms with Crippen molar-refractivity contribution in [2.45, 2.75) is 6.92 Å². The van der Waals surface area contributed by atoms with Crippen LogP contribution in [0, 0.1) is 0 Å². The van der Waals surface area contributed by atoms with Crippen molar-refractivity contribution < 1.29 is 9.59 Å². The number of rotatable bonds is 6. The highest BCUT2D eigenvalue weighted by Gasteiger charge is 2.41. The van der Waals surface area contributed by atoms with Crippen LogP contribution < -0.4 is 4.90 Å². The largest absolute Gasteiger partial charge is 0.337 e. The van der Waals surface area contributed by atoms with Gasteiger partial charge in [0.15, 0.2) is 0 Å². The number of carbonyl (C=O) groups is 2. The van der Waals surface area contributed by atoms with E-state index in [0.29, 0.717) is 27.9 Å². The van der Waals surface area contributed by atoms with E-state index < -0.39 is 5.91 Å². The lowest BCUT2D eigenvalue weighted by Gasteiger charge is -2.24. The van der Waals surface area contributed by atoms with Gasteiger partial charge in [0.05, 0.1) is 10.6 Å². The Hall–Kier alpha value is -2.56. The van der Waals surface area contributed by atoms with Gasteiger partial charge in [-0.1, -0.05) is 53.5 Å². The minimum atomic E-state index is -0.395. The fourth-order valence-corrected chi connectivity index (χ4v) is 3.62. The predicted octanol–water partition coefficient (Wildman–Crippen LogP) is 4.79. The Kier molecular flexibility index (Phi) is 5.68. The Balaban J connectivity index is 2.24. The van der Waals surface area contributed by atoms with Crippen molar-refractivity contribution in [2.24, 2.45) is 0 Å². The van der Waals surface area contributed by atoms with Gasteiger partial charge < -0.3 is 4.90 Å². The molecule has 0 spiro atoms. The summed E-state index contributed by atoms with van der Waals surface area (Å²) in [6.45, 7) is 6.21. The van der Waals surface area contributed by atoms with Crippen LogP contribution in [0.15, 0.2) is 66.9 Å². The number of carbonyl (C=O) groups excluding carboxylic acids is 2. The Labute approximate surface area is 168 Å². The molecule has 3 rings (SSSR count). The second-order valence-corrected chi connectivity index (χ2v) is 6.78. The molecule has 1 heterocycles. The van der Waals surface area contributed by atoms with Gasteiger partial charge >= 0.3 is 0 Å². The summed E-state index contributed by atoms with van der Waals surface area (Å²) < 4.78 is 0. The van der Waals surface area contributed by atoms with E-state index in [1.807, 2.05) is 42.2 Å². The van der Waals surface area contributed by atoms with Crippen LogP contribution in [-0.4, -0.2) is 29.8 Å². The Morgan fingerprint density at radius 3 is 2.37 bits per heavy atom. The van der Waals surface area contributed by atoms with Gasteiger partial charge in [0, 0.05) is 29.4 Å². The number of hydrogen-bond acceptors (Lipinski definition) is 3. The molecule has 0 aromatic heterocycles. The molecule has 0 bridgehead atoms. The van der Waals surface area contributed by atoms with Gasteiger partial charge in [-0.2, -0.15) is 0 Å². The van der Waals surface area contributed by atoms with Gasteiger partial charge in [-0.25, -0.2) is 0 Å².